The first-order valence-electron chi connectivity index (χ1n) is 32.8. The molecule has 0 heterocycles. The number of hydrogen-bond donors (Lipinski definition) is 4. The first-order valence-corrected chi connectivity index (χ1v) is 32.8. The first kappa shape index (κ1) is 122. The van der Waals surface area contributed by atoms with E-state index in [0.29, 0.717) is 57.8 Å². The Kier molecular flexibility index (Phi) is 106. The van der Waals surface area contributed by atoms with Crippen molar-refractivity contribution in [2.45, 2.75) is 329 Å². The van der Waals surface area contributed by atoms with Crippen LogP contribution in [0.3, 0.4) is 0 Å². The number of carboxylic acids is 1. The second-order valence-corrected chi connectivity index (χ2v) is 22.5. The molecule has 21 nitrogen and oxygen atoms in total. The quantitative estimate of drug-likeness (QED) is 0.0190. The van der Waals surface area contributed by atoms with Gasteiger partial charge in [-0.2, -0.15) is 121 Å². The lowest BCUT2D eigenvalue weighted by molar-refractivity contribution is -0.162. The fourth-order valence-corrected chi connectivity index (χ4v) is 9.24. The highest BCUT2D eigenvalue weighted by Gasteiger charge is 2.27. The molecule has 0 saturated heterocycles. The Morgan fingerprint density at radius 2 is 0.602 bits per heavy atom. The summed E-state index contributed by atoms with van der Waals surface area (Å²) >= 11 is 0. The van der Waals surface area contributed by atoms with Crippen molar-refractivity contribution in [3.8, 4) is 0 Å². The fraction of sp³-hybridized carbons (Fsp3) is 0.779. The average Bonchev–Trinajstić information content (AvgIpc) is 0.906. The average molecular weight is 1580 g/mol. The van der Waals surface area contributed by atoms with Crippen molar-refractivity contribution in [1.29, 1.82) is 0 Å². The number of aliphatic carboxylic acids is 1. The van der Waals surface area contributed by atoms with Crippen LogP contribution in [-0.2, 0) is 81.0 Å². The second kappa shape index (κ2) is 85.1. The van der Waals surface area contributed by atoms with E-state index in [1.807, 2.05) is 0 Å². The number of carbonyl (C=O) groups is 9. The molecule has 0 spiro atoms. The summed E-state index contributed by atoms with van der Waals surface area (Å²) in [5, 5.41) is 38.1. The van der Waals surface area contributed by atoms with Crippen LogP contribution in [0.25, 0.3) is 0 Å². The highest BCUT2D eigenvalue weighted by atomic mass is 32.1. The van der Waals surface area contributed by atoms with E-state index in [-0.39, 0.29) is 140 Å². The Hall–Kier alpha value is -2.52. The number of rotatable bonds is 51. The summed E-state index contributed by atoms with van der Waals surface area (Å²) in [5.74, 6) is -3.80. The molecular formula is C68H136O21S9. The van der Waals surface area contributed by atoms with Gasteiger partial charge in [-0.1, -0.05) is 142 Å². The molecule has 9 atom stereocenters. The van der Waals surface area contributed by atoms with Gasteiger partial charge < -0.3 is 58.3 Å². The molecule has 0 aromatic rings. The molecule has 4 N–H and O–H groups in total. The molecule has 98 heavy (non-hydrogen) atoms. The van der Waals surface area contributed by atoms with Gasteiger partial charge in [0.1, 0.15) is 24.4 Å². The van der Waals surface area contributed by atoms with E-state index >= 15 is 0 Å². The molecule has 0 rings (SSSR count). The Labute approximate surface area is 651 Å². The first-order chi connectivity index (χ1) is 42.3. The van der Waals surface area contributed by atoms with E-state index in [9.17, 15) is 58.5 Å². The molecule has 0 aliphatic carbocycles. The molecule has 0 aliphatic rings. The normalized spacial score (nSPS) is 12.9. The van der Waals surface area contributed by atoms with Crippen LogP contribution in [0, 0.1) is 0 Å². The van der Waals surface area contributed by atoms with Crippen molar-refractivity contribution < 1.29 is 101 Å². The summed E-state index contributed by atoms with van der Waals surface area (Å²) in [7, 11) is 2.79. The van der Waals surface area contributed by atoms with E-state index < -0.39 is 96.7 Å². The number of aliphatic hydroxyl groups excluding tert-OH is 3. The van der Waals surface area contributed by atoms with E-state index in [1.54, 1.807) is 30.4 Å². The third-order valence-electron chi connectivity index (χ3n) is 13.9. The third kappa shape index (κ3) is 84.1. The second-order valence-electron chi connectivity index (χ2n) is 22.5. The molecule has 0 radical (unpaired) electrons. The third-order valence-corrected chi connectivity index (χ3v) is 13.9. The molecule has 0 bridgehead atoms. The lowest BCUT2D eigenvalue weighted by Gasteiger charge is -2.24. The standard InChI is InChI=1S/C25H42O8.C24H40O8.C19H36O5.9H2S/c1-6-7-11-15-23(32-20(3)27)24(33-21(4)28)18-17-22(31-19(2)26)14-12-9-8-10-13-16-25(29)30-5;1-5-6-10-14-22(31-19(3)26)23(32-20(4)27)17-16-21(30-18(2)25)13-11-8-7-9-12-15-24(28)29;1-3-4-8-12-17(21)18(22)15-14-16(20)11-9-6-5-7-10-13-19(23)24-2;;;;;;;;;/h17-18,22-24H,6-16H2,1-5H3;16-17,21-23H,5-15H2,1-4H3,(H,28,29);14-18,20-22H,3-13H2,1-2H3;9*1H2/b18-17+;17-16+;15-14+;;;;;;;;;/t22-,23-,24-;21-,22-,23-;16-,17-,18-;;;;;;;;;/m000........./s1. The minimum absolute atomic E-state index is 0. The monoisotopic (exact) mass is 1580 g/mol. The number of aliphatic hydroxyl groups is 3. The number of carboxylic acid groups (broad SMARTS) is 1. The molecular weight excluding hydrogens is 1440 g/mol. The van der Waals surface area contributed by atoms with Crippen LogP contribution >= 0.6 is 121 Å². The van der Waals surface area contributed by atoms with Crippen LogP contribution in [0.4, 0.5) is 0 Å². The Balaban J connectivity index is -0.000000109. The van der Waals surface area contributed by atoms with Crippen molar-refractivity contribution >= 4 is 175 Å². The number of hydrogen-bond acceptors (Lipinski definition) is 20. The zero-order valence-corrected chi connectivity index (χ0v) is 69.7. The van der Waals surface area contributed by atoms with Crippen LogP contribution in [0.1, 0.15) is 274 Å². The van der Waals surface area contributed by atoms with E-state index in [0.717, 1.165) is 148 Å². The van der Waals surface area contributed by atoms with Gasteiger partial charge in [0.25, 0.3) is 0 Å². The topological polar surface area (TPSA) is 308 Å². The van der Waals surface area contributed by atoms with Crippen LogP contribution in [-0.4, -0.2) is 143 Å². The fourth-order valence-electron chi connectivity index (χ4n) is 9.24. The van der Waals surface area contributed by atoms with Gasteiger partial charge in [0.05, 0.1) is 32.5 Å². The Bertz CT molecular complexity index is 2010. The zero-order chi connectivity index (χ0) is 67.6. The summed E-state index contributed by atoms with van der Waals surface area (Å²) in [6.07, 6.45) is 30.5. The van der Waals surface area contributed by atoms with Gasteiger partial charge in [-0.15, -0.1) is 0 Å². The van der Waals surface area contributed by atoms with Crippen LogP contribution in [0.2, 0.25) is 0 Å². The van der Waals surface area contributed by atoms with Gasteiger partial charge in [0.2, 0.25) is 0 Å². The number of unbranched alkanes of at least 4 members (excludes halogenated alkanes) is 18. The highest BCUT2D eigenvalue weighted by molar-refractivity contribution is 7.60. The molecule has 30 heteroatoms. The van der Waals surface area contributed by atoms with Crippen molar-refractivity contribution in [3.05, 3.63) is 36.5 Å². The van der Waals surface area contributed by atoms with Gasteiger partial charge in [-0.25, -0.2) is 0 Å². The van der Waals surface area contributed by atoms with Gasteiger partial charge >= 0.3 is 53.7 Å². The van der Waals surface area contributed by atoms with E-state index in [1.165, 1.54) is 61.8 Å². The maximum absolute atomic E-state index is 11.6. The molecule has 0 amide bonds. The lowest BCUT2D eigenvalue weighted by Crippen LogP contribution is -2.33. The highest BCUT2D eigenvalue weighted by Crippen LogP contribution is 2.21. The summed E-state index contributed by atoms with van der Waals surface area (Å²) in [5.41, 5.74) is 0. The minimum atomic E-state index is -0.908. The number of esters is 8. The number of ether oxygens (including phenoxy) is 8. The Morgan fingerprint density at radius 1 is 0.316 bits per heavy atom. The summed E-state index contributed by atoms with van der Waals surface area (Å²) in [6.45, 7) is 14.2. The maximum atomic E-state index is 11.6. The maximum Gasteiger partial charge on any atom is 0.305 e. The Morgan fingerprint density at radius 3 is 0.908 bits per heavy atom. The van der Waals surface area contributed by atoms with E-state index in [2.05, 4.69) is 30.2 Å². The van der Waals surface area contributed by atoms with Crippen LogP contribution < -0.4 is 0 Å². The molecule has 0 aromatic heterocycles. The minimum Gasteiger partial charge on any atom is -0.481 e. The van der Waals surface area contributed by atoms with Gasteiger partial charge in [-0.3, -0.25) is 43.2 Å². The van der Waals surface area contributed by atoms with Crippen LogP contribution in [0.15, 0.2) is 36.5 Å². The SMILES string of the molecule is CCCCC[C@H](O)[C@@H](O)/C=C/[C@@H](O)CCCCCCCC(=O)OC.CCCCC[C@H](OC(C)=O)[C@H](/C=C/[C@H](CCCCCCCC(=O)O)OC(C)=O)OC(C)=O.CCCCC[C@H](OC(C)=O)[C@H](/C=C/[C@H](CCCCCCCC(=O)OC)OC(C)=O)OC(C)=O.S.S.S.S.S.S.S.S.S. The van der Waals surface area contributed by atoms with Crippen LogP contribution in [0.5, 0.6) is 0 Å². The van der Waals surface area contributed by atoms with Crippen molar-refractivity contribution in [2.75, 3.05) is 14.2 Å². The zero-order valence-electron chi connectivity index (χ0n) is 60.7. The van der Waals surface area contributed by atoms with Crippen molar-refractivity contribution in [3.63, 3.8) is 0 Å². The van der Waals surface area contributed by atoms with E-state index in [4.69, 9.17) is 33.5 Å². The summed E-state index contributed by atoms with van der Waals surface area (Å²) in [4.78, 5) is 102. The lowest BCUT2D eigenvalue weighted by atomic mass is 10.0. The molecule has 0 saturated carbocycles. The molecule has 588 valence electrons. The van der Waals surface area contributed by atoms with Gasteiger partial charge in [-0.05, 0) is 108 Å². The molecule has 0 unspecified atom stereocenters. The predicted molar refractivity (Wildman–Crippen MR) is 433 cm³/mol. The smallest absolute Gasteiger partial charge is 0.305 e. The van der Waals surface area contributed by atoms with Crippen molar-refractivity contribution in [2.24, 2.45) is 0 Å². The molecule has 0 aromatic carbocycles. The molecule has 0 aliphatic heterocycles. The van der Waals surface area contributed by atoms with Gasteiger partial charge in [0.15, 0.2) is 12.2 Å². The summed E-state index contributed by atoms with van der Waals surface area (Å²) in [6, 6.07) is 0. The van der Waals surface area contributed by atoms with Crippen molar-refractivity contribution in [1.82, 2.24) is 0 Å². The number of carbonyl (C=O) groups excluding carboxylic acids is 8. The largest absolute Gasteiger partial charge is 0.481 e. The molecule has 0 fully saturated rings. The summed E-state index contributed by atoms with van der Waals surface area (Å²) < 4.78 is 41.6. The predicted octanol–water partition coefficient (Wildman–Crippen LogP) is 13.7. The number of methoxy groups -OCH3 is 2. The van der Waals surface area contributed by atoms with Gasteiger partial charge in [0, 0.05) is 60.8 Å².